The minimum Gasteiger partial charge on any atom is -0.461 e. The molecule has 0 radical (unpaired) electrons. The highest BCUT2D eigenvalue weighted by Gasteiger charge is 2.22. The molecular formula is C18H17NO2S. The zero-order chi connectivity index (χ0) is 15.4. The van der Waals surface area contributed by atoms with E-state index >= 15 is 0 Å². The van der Waals surface area contributed by atoms with Gasteiger partial charge in [0.25, 0.3) is 0 Å². The smallest absolute Gasteiger partial charge is 0.346 e. The maximum absolute atomic E-state index is 12.3. The molecule has 3 nitrogen and oxygen atoms in total. The van der Waals surface area contributed by atoms with Crippen LogP contribution < -0.4 is 5.32 Å². The van der Waals surface area contributed by atoms with Crippen molar-refractivity contribution in [1.82, 2.24) is 0 Å². The van der Waals surface area contributed by atoms with Crippen molar-refractivity contribution in [1.29, 1.82) is 0 Å². The topological polar surface area (TPSA) is 38.3 Å². The average Bonchev–Trinajstić information content (AvgIpc) is 2.55. The van der Waals surface area contributed by atoms with Gasteiger partial charge in [0.15, 0.2) is 0 Å². The number of ether oxygens (including phenoxy) is 1. The Bertz CT molecular complexity index is 710. The van der Waals surface area contributed by atoms with Crippen LogP contribution in [-0.4, -0.2) is 12.6 Å². The summed E-state index contributed by atoms with van der Waals surface area (Å²) in [6, 6.07) is 18.0. The summed E-state index contributed by atoms with van der Waals surface area (Å²) >= 11 is 1.46. The first-order valence-corrected chi connectivity index (χ1v) is 8.01. The Morgan fingerprint density at radius 1 is 1.09 bits per heavy atom. The quantitative estimate of drug-likeness (QED) is 0.858. The standard InChI is InChI=1S/C18H17NO2S/c1-13-17(22-16-10-6-5-9-15(16)19-13)18(20)21-12-11-14-7-3-2-4-8-14/h2-10,19H,11-12H2,1H3. The Balaban J connectivity index is 1.61. The second kappa shape index (κ2) is 6.71. The van der Waals surface area contributed by atoms with Gasteiger partial charge in [-0.15, -0.1) is 0 Å². The summed E-state index contributed by atoms with van der Waals surface area (Å²) in [7, 11) is 0. The highest BCUT2D eigenvalue weighted by Crippen LogP contribution is 2.39. The largest absolute Gasteiger partial charge is 0.461 e. The summed E-state index contributed by atoms with van der Waals surface area (Å²) < 4.78 is 5.41. The maximum atomic E-state index is 12.3. The summed E-state index contributed by atoms with van der Waals surface area (Å²) in [5, 5.41) is 3.26. The Morgan fingerprint density at radius 2 is 1.82 bits per heavy atom. The molecule has 0 spiro atoms. The van der Waals surface area contributed by atoms with E-state index < -0.39 is 0 Å². The molecule has 0 bridgehead atoms. The van der Waals surface area contributed by atoms with E-state index in [9.17, 15) is 4.79 Å². The fourth-order valence-corrected chi connectivity index (χ4v) is 3.21. The van der Waals surface area contributed by atoms with Gasteiger partial charge in [0.2, 0.25) is 0 Å². The van der Waals surface area contributed by atoms with Crippen LogP contribution in [0.4, 0.5) is 5.69 Å². The van der Waals surface area contributed by atoms with Gasteiger partial charge in [0.05, 0.1) is 12.3 Å². The summed E-state index contributed by atoms with van der Waals surface area (Å²) in [6.07, 6.45) is 0.730. The summed E-state index contributed by atoms with van der Waals surface area (Å²) in [5.74, 6) is -0.263. The van der Waals surface area contributed by atoms with Gasteiger partial charge in [-0.2, -0.15) is 0 Å². The minimum absolute atomic E-state index is 0.263. The molecule has 4 heteroatoms. The van der Waals surface area contributed by atoms with Gasteiger partial charge in [-0.05, 0) is 24.6 Å². The second-order valence-corrected chi connectivity index (χ2v) is 6.10. The number of hydrogen-bond donors (Lipinski definition) is 1. The van der Waals surface area contributed by atoms with E-state index in [-0.39, 0.29) is 5.97 Å². The van der Waals surface area contributed by atoms with Crippen LogP contribution in [0.2, 0.25) is 0 Å². The number of thioether (sulfide) groups is 1. The van der Waals surface area contributed by atoms with E-state index in [0.29, 0.717) is 11.5 Å². The third-order valence-electron chi connectivity index (χ3n) is 3.41. The molecular weight excluding hydrogens is 294 g/mol. The van der Waals surface area contributed by atoms with E-state index in [0.717, 1.165) is 22.7 Å². The van der Waals surface area contributed by atoms with Crippen molar-refractivity contribution in [2.24, 2.45) is 0 Å². The maximum Gasteiger partial charge on any atom is 0.346 e. The number of esters is 1. The van der Waals surface area contributed by atoms with Gasteiger partial charge in [-0.25, -0.2) is 4.79 Å². The van der Waals surface area contributed by atoms with Crippen molar-refractivity contribution in [3.05, 3.63) is 70.8 Å². The van der Waals surface area contributed by atoms with Crippen LogP contribution in [0.3, 0.4) is 0 Å². The number of fused-ring (bicyclic) bond motifs is 1. The molecule has 2 aromatic rings. The number of rotatable bonds is 4. The van der Waals surface area contributed by atoms with Crippen molar-refractivity contribution < 1.29 is 9.53 Å². The number of nitrogens with one attached hydrogen (secondary N) is 1. The predicted molar refractivity (Wildman–Crippen MR) is 89.7 cm³/mol. The van der Waals surface area contributed by atoms with Crippen molar-refractivity contribution in [2.75, 3.05) is 11.9 Å². The lowest BCUT2D eigenvalue weighted by Crippen LogP contribution is -2.15. The number of para-hydroxylation sites is 1. The number of allylic oxidation sites excluding steroid dienone is 1. The van der Waals surface area contributed by atoms with Crippen molar-refractivity contribution in [3.63, 3.8) is 0 Å². The van der Waals surface area contributed by atoms with Gasteiger partial charge in [-0.1, -0.05) is 54.2 Å². The number of carbonyl (C=O) groups excluding carboxylic acids is 1. The molecule has 0 amide bonds. The van der Waals surface area contributed by atoms with E-state index in [1.54, 1.807) is 0 Å². The minimum atomic E-state index is -0.263. The fourth-order valence-electron chi connectivity index (χ4n) is 2.27. The van der Waals surface area contributed by atoms with Crippen LogP contribution in [-0.2, 0) is 16.0 Å². The normalized spacial score (nSPS) is 13.3. The van der Waals surface area contributed by atoms with Crippen LogP contribution in [0.25, 0.3) is 0 Å². The third-order valence-corrected chi connectivity index (χ3v) is 4.67. The molecule has 22 heavy (non-hydrogen) atoms. The first kappa shape index (κ1) is 14.7. The molecule has 3 rings (SSSR count). The first-order valence-electron chi connectivity index (χ1n) is 7.20. The Labute approximate surface area is 134 Å². The van der Waals surface area contributed by atoms with Crippen LogP contribution in [0, 0.1) is 0 Å². The highest BCUT2D eigenvalue weighted by atomic mass is 32.2. The lowest BCUT2D eigenvalue weighted by atomic mass is 10.2. The molecule has 0 aromatic heterocycles. The molecule has 112 valence electrons. The van der Waals surface area contributed by atoms with Crippen LogP contribution in [0.15, 0.2) is 70.1 Å². The lowest BCUT2D eigenvalue weighted by Gasteiger charge is -2.20. The third kappa shape index (κ3) is 3.34. The summed E-state index contributed by atoms with van der Waals surface area (Å²) in [6.45, 7) is 2.29. The Morgan fingerprint density at radius 3 is 2.64 bits per heavy atom. The van der Waals surface area contributed by atoms with Crippen LogP contribution >= 0.6 is 11.8 Å². The van der Waals surface area contributed by atoms with E-state index in [2.05, 4.69) is 5.32 Å². The summed E-state index contributed by atoms with van der Waals surface area (Å²) in [4.78, 5) is 13.9. The Hall–Kier alpha value is -2.20. The number of carbonyl (C=O) groups is 1. The predicted octanol–water partition coefficient (Wildman–Crippen LogP) is 4.22. The van der Waals surface area contributed by atoms with E-state index in [4.69, 9.17) is 4.74 Å². The lowest BCUT2D eigenvalue weighted by molar-refractivity contribution is -0.138. The van der Waals surface area contributed by atoms with Gasteiger partial charge >= 0.3 is 5.97 Å². The first-order chi connectivity index (χ1) is 10.7. The van der Waals surface area contributed by atoms with E-state index in [1.807, 2.05) is 61.5 Å². The SMILES string of the molecule is CC1=C(C(=O)OCCc2ccccc2)Sc2ccccc2N1. The molecule has 0 saturated carbocycles. The molecule has 2 aromatic carbocycles. The van der Waals surface area contributed by atoms with E-state index in [1.165, 1.54) is 17.3 Å². The molecule has 1 aliphatic rings. The zero-order valence-corrected chi connectivity index (χ0v) is 13.2. The number of hydrogen-bond acceptors (Lipinski definition) is 4. The molecule has 1 heterocycles. The van der Waals surface area contributed by atoms with Crippen LogP contribution in [0.5, 0.6) is 0 Å². The molecule has 1 N–H and O–H groups in total. The average molecular weight is 311 g/mol. The fraction of sp³-hybridized carbons (Fsp3) is 0.167. The molecule has 0 fully saturated rings. The monoisotopic (exact) mass is 311 g/mol. The molecule has 0 atom stereocenters. The zero-order valence-electron chi connectivity index (χ0n) is 12.3. The number of anilines is 1. The molecule has 0 unspecified atom stereocenters. The van der Waals surface area contributed by atoms with Gasteiger partial charge in [0.1, 0.15) is 4.91 Å². The van der Waals surface area contributed by atoms with Gasteiger partial charge < -0.3 is 10.1 Å². The second-order valence-electron chi connectivity index (χ2n) is 5.05. The molecule has 0 saturated heterocycles. The van der Waals surface area contributed by atoms with Crippen molar-refractivity contribution >= 4 is 23.4 Å². The highest BCUT2D eigenvalue weighted by molar-refractivity contribution is 8.04. The summed E-state index contributed by atoms with van der Waals surface area (Å²) in [5.41, 5.74) is 3.04. The molecule has 0 aliphatic carbocycles. The Kier molecular flexibility index (Phi) is 4.49. The van der Waals surface area contributed by atoms with Crippen LogP contribution in [0.1, 0.15) is 12.5 Å². The van der Waals surface area contributed by atoms with Crippen molar-refractivity contribution in [3.8, 4) is 0 Å². The van der Waals surface area contributed by atoms with Gasteiger partial charge in [-0.3, -0.25) is 0 Å². The van der Waals surface area contributed by atoms with Crippen molar-refractivity contribution in [2.45, 2.75) is 18.2 Å². The van der Waals surface area contributed by atoms with Gasteiger partial charge in [0, 0.05) is 17.0 Å². The molecule has 1 aliphatic heterocycles. The number of benzene rings is 2.